The number of hydrogen-bond donors (Lipinski definition) is 1. The molecule has 43 heavy (non-hydrogen) atoms. The number of halogens is 1. The third kappa shape index (κ3) is 5.06. The molecule has 0 radical (unpaired) electrons. The van der Waals surface area contributed by atoms with E-state index in [2.05, 4.69) is 11.9 Å². The number of benzene rings is 3. The van der Waals surface area contributed by atoms with Gasteiger partial charge in [-0.15, -0.1) is 0 Å². The van der Waals surface area contributed by atoms with Crippen molar-refractivity contribution < 1.29 is 33.3 Å². The number of anilines is 1. The fraction of sp³-hybridized carbons (Fsp3) is 0.219. The molecule has 0 saturated carbocycles. The normalized spacial score (nSPS) is 15.1. The summed E-state index contributed by atoms with van der Waals surface area (Å²) in [4.78, 5) is 33.8. The first-order valence-electron chi connectivity index (χ1n) is 13.6. The monoisotopic (exact) mass is 618 g/mol. The molecule has 1 amide bonds. The molecule has 0 saturated heterocycles. The van der Waals surface area contributed by atoms with Gasteiger partial charge in [0.2, 0.25) is 5.78 Å². The molecule has 9 nitrogen and oxygen atoms in total. The van der Waals surface area contributed by atoms with E-state index in [0.717, 1.165) is 17.5 Å². The van der Waals surface area contributed by atoms with Crippen LogP contribution in [0, 0.1) is 0 Å². The summed E-state index contributed by atoms with van der Waals surface area (Å²) in [5.41, 5.74) is 1.36. The predicted molar refractivity (Wildman–Crippen MR) is 165 cm³/mol. The second-order valence-electron chi connectivity index (χ2n) is 9.88. The van der Waals surface area contributed by atoms with Crippen molar-refractivity contribution in [2.75, 3.05) is 25.7 Å². The lowest BCUT2D eigenvalue weighted by molar-refractivity contribution is -0.117. The number of unbranched alkanes of at least 4 members (excludes halogenated alkanes) is 1. The first-order valence-corrected chi connectivity index (χ1v) is 14.8. The van der Waals surface area contributed by atoms with Crippen LogP contribution in [0.2, 0.25) is 5.02 Å². The molecule has 1 aliphatic rings. The van der Waals surface area contributed by atoms with Crippen LogP contribution in [0.15, 0.2) is 76.4 Å². The van der Waals surface area contributed by atoms with Crippen LogP contribution in [0.4, 0.5) is 5.13 Å². The number of aliphatic hydroxyl groups is 1. The summed E-state index contributed by atoms with van der Waals surface area (Å²) in [5.74, 6) is -0.769. The minimum atomic E-state index is -1.05. The van der Waals surface area contributed by atoms with Crippen molar-refractivity contribution >= 4 is 60.9 Å². The third-order valence-corrected chi connectivity index (χ3v) is 8.46. The fourth-order valence-corrected chi connectivity index (χ4v) is 6.35. The molecule has 0 fully saturated rings. The molecule has 1 N–H and O–H groups in total. The van der Waals surface area contributed by atoms with Crippen LogP contribution in [0.1, 0.15) is 41.9 Å². The van der Waals surface area contributed by atoms with Gasteiger partial charge in [0.05, 0.1) is 42.7 Å². The van der Waals surface area contributed by atoms with Gasteiger partial charge in [-0.1, -0.05) is 54.5 Å². The van der Waals surface area contributed by atoms with Crippen LogP contribution < -0.4 is 19.1 Å². The molecule has 1 unspecified atom stereocenters. The minimum Gasteiger partial charge on any atom is -0.503 e. The predicted octanol–water partition coefficient (Wildman–Crippen LogP) is 7.67. The highest BCUT2D eigenvalue weighted by atomic mass is 35.5. The Morgan fingerprint density at radius 1 is 1.07 bits per heavy atom. The van der Waals surface area contributed by atoms with E-state index in [1.165, 1.54) is 30.5 Å². The fourth-order valence-electron chi connectivity index (χ4n) is 5.08. The summed E-state index contributed by atoms with van der Waals surface area (Å²) in [6.45, 7) is 2.58. The van der Waals surface area contributed by atoms with Crippen molar-refractivity contribution in [3.8, 4) is 17.2 Å². The summed E-state index contributed by atoms with van der Waals surface area (Å²) in [6.07, 6.45) is 1.84. The van der Waals surface area contributed by atoms with Gasteiger partial charge >= 0.3 is 0 Å². The maximum absolute atomic E-state index is 14.1. The first kappa shape index (κ1) is 28.6. The highest BCUT2D eigenvalue weighted by molar-refractivity contribution is 7.22. The molecule has 6 rings (SSSR count). The Morgan fingerprint density at radius 3 is 2.65 bits per heavy atom. The number of methoxy groups -OCH3 is 2. The Bertz CT molecular complexity index is 1910. The van der Waals surface area contributed by atoms with Crippen LogP contribution in [0.25, 0.3) is 21.2 Å². The topological polar surface area (TPSA) is 111 Å². The van der Waals surface area contributed by atoms with Crippen molar-refractivity contribution in [1.29, 1.82) is 0 Å². The van der Waals surface area contributed by atoms with Gasteiger partial charge in [0, 0.05) is 10.4 Å². The van der Waals surface area contributed by atoms with Crippen molar-refractivity contribution in [3.05, 3.63) is 88.3 Å². The number of fused-ring (bicyclic) bond motifs is 2. The number of aromatic nitrogens is 1. The number of ether oxygens (including phenoxy) is 3. The average Bonchev–Trinajstić information content (AvgIpc) is 3.70. The van der Waals surface area contributed by atoms with Gasteiger partial charge in [-0.3, -0.25) is 14.5 Å². The molecular weight excluding hydrogens is 592 g/mol. The number of thiazole rings is 1. The summed E-state index contributed by atoms with van der Waals surface area (Å²) < 4.78 is 23.6. The van der Waals surface area contributed by atoms with E-state index in [-0.39, 0.29) is 16.5 Å². The lowest BCUT2D eigenvalue weighted by atomic mass is 9.95. The van der Waals surface area contributed by atoms with E-state index in [4.69, 9.17) is 30.2 Å². The zero-order valence-corrected chi connectivity index (χ0v) is 25.1. The molecule has 1 atom stereocenters. The van der Waals surface area contributed by atoms with Crippen LogP contribution in [-0.4, -0.2) is 42.6 Å². The van der Waals surface area contributed by atoms with E-state index in [1.54, 1.807) is 60.7 Å². The van der Waals surface area contributed by atoms with E-state index in [0.29, 0.717) is 50.9 Å². The highest BCUT2D eigenvalue weighted by Crippen LogP contribution is 2.46. The molecule has 0 aliphatic carbocycles. The number of rotatable bonds is 10. The zero-order valence-electron chi connectivity index (χ0n) is 23.5. The molecule has 5 aromatic rings. The van der Waals surface area contributed by atoms with E-state index < -0.39 is 23.5 Å². The number of nitrogens with zero attached hydrogens (tertiary/aromatic N) is 2. The molecule has 11 heteroatoms. The number of aliphatic hydroxyl groups excluding tert-OH is 1. The maximum Gasteiger partial charge on any atom is 0.296 e. The van der Waals surface area contributed by atoms with E-state index in [1.807, 2.05) is 0 Å². The van der Waals surface area contributed by atoms with Gasteiger partial charge in [0.15, 0.2) is 39.5 Å². The van der Waals surface area contributed by atoms with Gasteiger partial charge in [-0.2, -0.15) is 0 Å². The Hall–Kier alpha value is -4.54. The second kappa shape index (κ2) is 11.6. The summed E-state index contributed by atoms with van der Waals surface area (Å²) >= 11 is 7.43. The summed E-state index contributed by atoms with van der Waals surface area (Å²) in [6, 6.07) is 16.2. The van der Waals surface area contributed by atoms with Crippen LogP contribution in [0.3, 0.4) is 0 Å². The average molecular weight is 619 g/mol. The van der Waals surface area contributed by atoms with Gasteiger partial charge in [0.1, 0.15) is 0 Å². The molecule has 0 spiro atoms. The SMILES string of the molecule is CCCCOc1ccc(C2C(C(=O)c3cc4cccc(OC)c4o3)=C(O)C(=O)N2c2nc3ccc(Cl)cc3s2)cc1OC. The van der Waals surface area contributed by atoms with Crippen LogP contribution in [0.5, 0.6) is 17.2 Å². The molecule has 220 valence electrons. The highest BCUT2D eigenvalue weighted by Gasteiger charge is 2.47. The van der Waals surface area contributed by atoms with Gasteiger partial charge in [-0.05, 0) is 54.4 Å². The third-order valence-electron chi connectivity index (χ3n) is 7.21. The van der Waals surface area contributed by atoms with Crippen molar-refractivity contribution in [1.82, 2.24) is 4.98 Å². The van der Waals surface area contributed by atoms with Crippen molar-refractivity contribution in [2.24, 2.45) is 0 Å². The zero-order chi connectivity index (χ0) is 30.2. The van der Waals surface area contributed by atoms with Crippen molar-refractivity contribution in [2.45, 2.75) is 25.8 Å². The number of carbonyl (C=O) groups excluding carboxylic acids is 2. The van der Waals surface area contributed by atoms with E-state index >= 15 is 0 Å². The lowest BCUT2D eigenvalue weighted by Crippen LogP contribution is -2.31. The maximum atomic E-state index is 14.1. The van der Waals surface area contributed by atoms with Gasteiger partial charge in [-0.25, -0.2) is 4.98 Å². The largest absolute Gasteiger partial charge is 0.503 e. The number of hydrogen-bond acceptors (Lipinski definition) is 9. The number of para-hydroxylation sites is 1. The van der Waals surface area contributed by atoms with Crippen LogP contribution in [-0.2, 0) is 4.79 Å². The number of ketones is 1. The smallest absolute Gasteiger partial charge is 0.296 e. The molecule has 0 bridgehead atoms. The Labute approximate surface area is 255 Å². The number of Topliss-reactive ketones (excluding diaryl/α,β-unsaturated/α-hetero) is 1. The lowest BCUT2D eigenvalue weighted by Gasteiger charge is -2.25. The summed E-state index contributed by atoms with van der Waals surface area (Å²) in [5, 5.41) is 12.7. The standard InChI is InChI=1S/C32H27ClN2O7S/c1-4-5-13-41-21-12-9-17(14-23(21)40-3)27-26(28(36)24-15-18-7-6-8-22(39-2)30(18)42-24)29(37)31(38)35(27)32-34-20-11-10-19(33)16-25(20)43-32/h6-12,14-16,27,37H,4-5,13H2,1-3H3. The quantitative estimate of drug-likeness (QED) is 0.125. The first-order chi connectivity index (χ1) is 20.8. The second-order valence-corrected chi connectivity index (χ2v) is 11.3. The van der Waals surface area contributed by atoms with E-state index in [9.17, 15) is 14.7 Å². The van der Waals surface area contributed by atoms with Crippen molar-refractivity contribution in [3.63, 3.8) is 0 Å². The Morgan fingerprint density at radius 2 is 1.88 bits per heavy atom. The number of furan rings is 1. The molecule has 3 aromatic carbocycles. The van der Waals surface area contributed by atoms with Gasteiger partial charge in [0.25, 0.3) is 5.91 Å². The van der Waals surface area contributed by atoms with Gasteiger partial charge < -0.3 is 23.7 Å². The molecule has 2 aromatic heterocycles. The number of amides is 1. The molecular formula is C32H27ClN2O7S. The molecule has 3 heterocycles. The Balaban J connectivity index is 1.49. The van der Waals surface area contributed by atoms with Crippen LogP contribution >= 0.6 is 22.9 Å². The number of carbonyl (C=O) groups is 2. The molecule has 1 aliphatic heterocycles. The minimum absolute atomic E-state index is 0.0525. The Kier molecular flexibility index (Phi) is 7.72. The summed E-state index contributed by atoms with van der Waals surface area (Å²) in [7, 11) is 3.02.